The third-order valence-corrected chi connectivity index (χ3v) is 6.90. The molecule has 160 valence electrons. The van der Waals surface area contributed by atoms with Gasteiger partial charge < -0.3 is 0 Å². The minimum Gasteiger partial charge on any atom is -0.228 e. The topological polar surface area (TPSA) is 80.5 Å². The summed E-state index contributed by atoms with van der Waals surface area (Å²) in [5.74, 6) is -0.497. The fourth-order valence-electron chi connectivity index (χ4n) is 3.19. The molecule has 4 aromatic rings. The molecule has 31 heavy (non-hydrogen) atoms. The van der Waals surface area contributed by atoms with Gasteiger partial charge in [0.25, 0.3) is 21.7 Å². The Morgan fingerprint density at radius 1 is 1.06 bits per heavy atom. The molecule has 2 aromatic heterocycles. The predicted molar refractivity (Wildman–Crippen MR) is 116 cm³/mol. The van der Waals surface area contributed by atoms with Gasteiger partial charge in [0.15, 0.2) is 0 Å². The Bertz CT molecular complexity index is 1370. The summed E-state index contributed by atoms with van der Waals surface area (Å²) in [4.78, 5) is 8.67. The van der Waals surface area contributed by atoms with Crippen LogP contribution >= 0.6 is 11.6 Å². The SMILES string of the molecule is Cc1ccc(S(=O)(=O)N(Cc2c(F)cccc2Cl)c2nc3nc(C)cc(C)n3n2)cc1. The highest BCUT2D eigenvalue weighted by atomic mass is 35.5. The van der Waals surface area contributed by atoms with Gasteiger partial charge in [0, 0.05) is 22.0 Å². The van der Waals surface area contributed by atoms with E-state index in [2.05, 4.69) is 15.1 Å². The largest absolute Gasteiger partial charge is 0.267 e. The Balaban J connectivity index is 1.91. The molecule has 4 rings (SSSR count). The highest BCUT2D eigenvalue weighted by Gasteiger charge is 2.30. The van der Waals surface area contributed by atoms with Gasteiger partial charge in [0.2, 0.25) is 0 Å². The van der Waals surface area contributed by atoms with E-state index in [1.54, 1.807) is 25.1 Å². The maximum atomic E-state index is 14.5. The fraction of sp³-hybridized carbons (Fsp3) is 0.190. The number of rotatable bonds is 5. The van der Waals surface area contributed by atoms with E-state index in [4.69, 9.17) is 11.6 Å². The van der Waals surface area contributed by atoms with Crippen LogP contribution in [0.5, 0.6) is 0 Å². The minimum absolute atomic E-state index is 0.0274. The molecular formula is C21H19ClFN5O2S. The van der Waals surface area contributed by atoms with Crippen LogP contribution in [0.4, 0.5) is 10.3 Å². The van der Waals surface area contributed by atoms with Crippen molar-refractivity contribution in [1.82, 2.24) is 19.6 Å². The first-order valence-corrected chi connectivity index (χ1v) is 11.2. The quantitative estimate of drug-likeness (QED) is 0.446. The van der Waals surface area contributed by atoms with E-state index in [-0.39, 0.29) is 33.8 Å². The lowest BCUT2D eigenvalue weighted by molar-refractivity contribution is 0.583. The monoisotopic (exact) mass is 459 g/mol. The molecule has 0 spiro atoms. The van der Waals surface area contributed by atoms with Gasteiger partial charge in [-0.15, -0.1) is 5.10 Å². The predicted octanol–water partition coefficient (Wildman–Crippen LogP) is 4.24. The number of fused-ring (bicyclic) bond motifs is 1. The molecule has 0 aliphatic heterocycles. The summed E-state index contributed by atoms with van der Waals surface area (Å²) in [6.45, 7) is 5.10. The fourth-order valence-corrected chi connectivity index (χ4v) is 4.74. The van der Waals surface area contributed by atoms with E-state index in [0.29, 0.717) is 5.69 Å². The Kier molecular flexibility index (Phi) is 5.40. The van der Waals surface area contributed by atoms with Crippen LogP contribution in [0.25, 0.3) is 5.78 Å². The molecule has 0 fully saturated rings. The molecule has 0 radical (unpaired) electrons. The summed E-state index contributed by atoms with van der Waals surface area (Å²) in [5, 5.41) is 4.45. The first kappa shape index (κ1) is 21.2. The van der Waals surface area contributed by atoms with E-state index in [9.17, 15) is 12.8 Å². The van der Waals surface area contributed by atoms with Crippen LogP contribution in [0.2, 0.25) is 5.02 Å². The van der Waals surface area contributed by atoms with Crippen molar-refractivity contribution in [2.24, 2.45) is 0 Å². The number of anilines is 1. The molecule has 0 N–H and O–H groups in total. The molecule has 0 saturated carbocycles. The number of aromatic nitrogens is 4. The van der Waals surface area contributed by atoms with Gasteiger partial charge in [-0.1, -0.05) is 35.4 Å². The maximum Gasteiger partial charge on any atom is 0.267 e. The van der Waals surface area contributed by atoms with Gasteiger partial charge in [-0.25, -0.2) is 22.1 Å². The zero-order valence-electron chi connectivity index (χ0n) is 17.0. The standard InChI is InChI=1S/C21H19ClFN5O2S/c1-13-7-9-16(10-8-13)31(29,30)27(12-17-18(22)5-4-6-19(17)23)21-25-20-24-14(2)11-15(3)28(20)26-21/h4-11H,12H2,1-3H3. The lowest BCUT2D eigenvalue weighted by Gasteiger charge is -2.22. The average molecular weight is 460 g/mol. The third-order valence-electron chi connectivity index (χ3n) is 4.80. The molecule has 0 aliphatic rings. The number of nitrogens with zero attached hydrogens (tertiary/aromatic N) is 5. The number of sulfonamides is 1. The molecule has 0 aliphatic carbocycles. The van der Waals surface area contributed by atoms with E-state index in [0.717, 1.165) is 15.6 Å². The summed E-state index contributed by atoms with van der Waals surface area (Å²) in [5.41, 5.74) is 2.38. The van der Waals surface area contributed by atoms with Gasteiger partial charge >= 0.3 is 0 Å². The molecule has 0 saturated heterocycles. The lowest BCUT2D eigenvalue weighted by Crippen LogP contribution is -2.32. The first-order chi connectivity index (χ1) is 14.7. The van der Waals surface area contributed by atoms with Crippen LogP contribution in [-0.2, 0) is 16.6 Å². The second-order valence-corrected chi connectivity index (χ2v) is 9.46. The third kappa shape index (κ3) is 3.98. The second-order valence-electron chi connectivity index (χ2n) is 7.19. The highest BCUT2D eigenvalue weighted by Crippen LogP contribution is 2.28. The maximum absolute atomic E-state index is 14.5. The highest BCUT2D eigenvalue weighted by molar-refractivity contribution is 7.92. The summed E-state index contributed by atoms with van der Waals surface area (Å²) >= 11 is 6.18. The number of hydrogen-bond acceptors (Lipinski definition) is 5. The van der Waals surface area contributed by atoms with Crippen LogP contribution in [0.15, 0.2) is 53.4 Å². The van der Waals surface area contributed by atoms with Crippen molar-refractivity contribution >= 4 is 33.4 Å². The normalized spacial score (nSPS) is 11.8. The summed E-state index contributed by atoms with van der Waals surface area (Å²) in [6.07, 6.45) is 0. The number of aryl methyl sites for hydroxylation is 3. The van der Waals surface area contributed by atoms with Crippen molar-refractivity contribution in [3.05, 3.63) is 81.9 Å². The molecule has 2 heterocycles. The molecule has 0 amide bonds. The Labute approximate surface area is 184 Å². The van der Waals surface area contributed by atoms with E-state index in [1.807, 2.05) is 13.8 Å². The number of benzene rings is 2. The van der Waals surface area contributed by atoms with Crippen LogP contribution in [0, 0.1) is 26.6 Å². The Hall–Kier alpha value is -3.04. The van der Waals surface area contributed by atoms with Gasteiger partial charge in [0.1, 0.15) is 5.82 Å². The summed E-state index contributed by atoms with van der Waals surface area (Å²) in [6, 6.07) is 12.3. The second kappa shape index (κ2) is 7.90. The van der Waals surface area contributed by atoms with Crippen LogP contribution in [0.1, 0.15) is 22.5 Å². The number of halogens is 2. The average Bonchev–Trinajstić information content (AvgIpc) is 3.11. The lowest BCUT2D eigenvalue weighted by atomic mass is 10.2. The van der Waals surface area contributed by atoms with Gasteiger partial charge in [-0.2, -0.15) is 9.50 Å². The molecule has 0 bridgehead atoms. The van der Waals surface area contributed by atoms with Gasteiger partial charge in [-0.05, 0) is 51.1 Å². The molecule has 2 aromatic carbocycles. The van der Waals surface area contributed by atoms with Crippen molar-refractivity contribution < 1.29 is 12.8 Å². The van der Waals surface area contributed by atoms with Crippen LogP contribution < -0.4 is 4.31 Å². The molecule has 0 unspecified atom stereocenters. The van der Waals surface area contributed by atoms with Gasteiger partial charge in [-0.3, -0.25) is 0 Å². The first-order valence-electron chi connectivity index (χ1n) is 9.40. The van der Waals surface area contributed by atoms with Crippen molar-refractivity contribution in [2.75, 3.05) is 4.31 Å². The van der Waals surface area contributed by atoms with Crippen molar-refractivity contribution in [1.29, 1.82) is 0 Å². The van der Waals surface area contributed by atoms with E-state index < -0.39 is 15.8 Å². The van der Waals surface area contributed by atoms with E-state index in [1.165, 1.54) is 34.8 Å². The zero-order valence-corrected chi connectivity index (χ0v) is 18.6. The van der Waals surface area contributed by atoms with Crippen LogP contribution in [-0.4, -0.2) is 28.0 Å². The molecule has 7 nitrogen and oxygen atoms in total. The smallest absolute Gasteiger partial charge is 0.228 e. The zero-order chi connectivity index (χ0) is 22.3. The van der Waals surface area contributed by atoms with Crippen molar-refractivity contribution in [3.63, 3.8) is 0 Å². The molecular weight excluding hydrogens is 441 g/mol. The van der Waals surface area contributed by atoms with E-state index >= 15 is 0 Å². The Morgan fingerprint density at radius 2 is 1.77 bits per heavy atom. The van der Waals surface area contributed by atoms with Crippen LogP contribution in [0.3, 0.4) is 0 Å². The minimum atomic E-state index is -4.13. The van der Waals surface area contributed by atoms with Crippen molar-refractivity contribution in [2.45, 2.75) is 32.2 Å². The summed E-state index contributed by atoms with van der Waals surface area (Å²) in [7, 11) is -4.13. The Morgan fingerprint density at radius 3 is 2.45 bits per heavy atom. The molecule has 10 heteroatoms. The number of hydrogen-bond donors (Lipinski definition) is 0. The summed E-state index contributed by atoms with van der Waals surface area (Å²) < 4.78 is 44.0. The van der Waals surface area contributed by atoms with Gasteiger partial charge in [0.05, 0.1) is 11.4 Å². The van der Waals surface area contributed by atoms with Crippen molar-refractivity contribution in [3.8, 4) is 0 Å². The molecule has 0 atom stereocenters.